The van der Waals surface area contributed by atoms with E-state index in [1.165, 1.54) is 6.20 Å². The summed E-state index contributed by atoms with van der Waals surface area (Å²) in [5.41, 5.74) is 27.2. The third-order valence-electron chi connectivity index (χ3n) is 22.4. The molecule has 8 saturated heterocycles. The molecule has 8 aliphatic heterocycles. The van der Waals surface area contributed by atoms with Gasteiger partial charge in [0.05, 0.1) is 120 Å². The molecule has 8 aliphatic rings. The molecule has 566 valence electrons. The Balaban J connectivity index is 0.000000127. The number of aromatic nitrogens is 14. The Kier molecular flexibility index (Phi) is 21.4. The number of nitrogens with one attached hydrogen (secondary N) is 3. The van der Waals surface area contributed by atoms with Gasteiger partial charge in [0.15, 0.2) is 17.5 Å². The average Bonchev–Trinajstić information content (AvgIpc) is 1.57. The number of nitrogens with zero attached hydrogens (tertiary/aromatic N) is 14. The summed E-state index contributed by atoms with van der Waals surface area (Å²) in [6, 6.07) is 9.09. The van der Waals surface area contributed by atoms with Crippen molar-refractivity contribution in [2.24, 2.45) is 33.4 Å². The van der Waals surface area contributed by atoms with Crippen molar-refractivity contribution in [1.82, 2.24) is 70.5 Å². The fourth-order valence-corrected chi connectivity index (χ4v) is 16.3. The van der Waals surface area contributed by atoms with Crippen LogP contribution < -0.4 is 46.1 Å². The molecule has 8 aromatic heterocycles. The van der Waals surface area contributed by atoms with E-state index in [0.29, 0.717) is 170 Å². The van der Waals surface area contributed by atoms with Gasteiger partial charge in [-0.15, -0.1) is 0 Å². The molecule has 0 bridgehead atoms. The van der Waals surface area contributed by atoms with Crippen LogP contribution in [0.3, 0.4) is 0 Å². The summed E-state index contributed by atoms with van der Waals surface area (Å²) >= 11 is 19.9. The fraction of sp³-hybridized carbons (Fsp3) is 0.557. The molecule has 36 heteroatoms. The van der Waals surface area contributed by atoms with Crippen LogP contribution in [0.1, 0.15) is 76.4 Å². The number of aliphatic hydroxyl groups excluding tert-OH is 5. The summed E-state index contributed by atoms with van der Waals surface area (Å²) in [7, 11) is 0. The first-order valence-corrected chi connectivity index (χ1v) is 36.9. The van der Waals surface area contributed by atoms with Crippen LogP contribution in [0.4, 0.5) is 17.5 Å². The number of anilines is 3. The highest BCUT2D eigenvalue weighted by atomic mass is 35.5. The van der Waals surface area contributed by atoms with Gasteiger partial charge in [-0.1, -0.05) is 46.9 Å². The van der Waals surface area contributed by atoms with Crippen LogP contribution in [-0.4, -0.2) is 249 Å². The number of hydrogen-bond donors (Lipinski definition) is 11. The molecule has 0 amide bonds. The van der Waals surface area contributed by atoms with E-state index in [2.05, 4.69) is 60.2 Å². The van der Waals surface area contributed by atoms with Crippen molar-refractivity contribution in [2.45, 2.75) is 134 Å². The Bertz CT molecular complexity index is 4430. The molecule has 17 rings (SSSR count). The van der Waals surface area contributed by atoms with Crippen LogP contribution in [0.2, 0.25) is 15.1 Å². The van der Waals surface area contributed by atoms with E-state index in [9.17, 15) is 25.5 Å². The number of aromatic amines is 3. The highest BCUT2D eigenvalue weighted by Crippen LogP contribution is 2.47. The maximum Gasteiger partial charge on any atom is 0.233 e. The average molecular weight is 1520 g/mol. The SMILES string of the molecule is C[C@@H]1OCC2(CCN(c3nc4n[nH]c(-c5cccc(OC6COC6)c5Cl)c4nc3CO)CC2)[C@@H]1N.C[C@@H]1OCC2(CCN(c3nc4n[nH]c(-c5ccnc(OC(CO)CO)c5Cl)c4nc3CO)CC2)[C@@H]1N.C[C@@H]1OCC2(CCN(c3nc4n[nH]c(-c5ccnc(OC6COC6)c5Cl)c4nc3CO)CC2)[C@@H]1N. The lowest BCUT2D eigenvalue weighted by molar-refractivity contribution is -0.0812. The van der Waals surface area contributed by atoms with Gasteiger partial charge < -0.3 is 95.3 Å². The number of nitrogens with two attached hydrogens (primary N) is 3. The number of H-pyrrole nitrogens is 3. The minimum absolute atomic E-state index is 0.00170. The van der Waals surface area contributed by atoms with Gasteiger partial charge in [-0.05, 0) is 77.5 Å². The molecular weight excluding hydrogens is 1440 g/mol. The summed E-state index contributed by atoms with van der Waals surface area (Å²) in [4.78, 5) is 43.3. The van der Waals surface area contributed by atoms with Crippen LogP contribution in [0.15, 0.2) is 42.7 Å². The van der Waals surface area contributed by atoms with Crippen LogP contribution in [0, 0.1) is 16.2 Å². The molecule has 0 saturated carbocycles. The maximum absolute atomic E-state index is 10.2. The van der Waals surface area contributed by atoms with Gasteiger partial charge in [-0.25, -0.2) is 39.9 Å². The Morgan fingerprint density at radius 3 is 1.19 bits per heavy atom. The predicted molar refractivity (Wildman–Crippen MR) is 391 cm³/mol. The number of halogens is 3. The Labute approximate surface area is 623 Å². The number of aliphatic hydroxyl groups is 5. The fourth-order valence-electron chi connectivity index (χ4n) is 15.5. The monoisotopic (exact) mass is 1520 g/mol. The minimum Gasteiger partial charge on any atom is -0.484 e. The lowest BCUT2D eigenvalue weighted by Gasteiger charge is -2.41. The Morgan fingerprint density at radius 1 is 0.491 bits per heavy atom. The standard InChI is InChI=1S/C24H29ClN6O4.C23H30ClN7O5.C23H28ClN7O4/c1-13-21(26)24(12-34-13)5-7-31(8-6-24)23-16(9-32)27-20-19(29-30-22(20)28-23)15-3-2-4-17(18(15)25)35-14-10-33-11-14;1-12-19(25)23(11-35-12)3-6-31(7-4-23)21-15(10-34)27-18-17(29-30-20(18)28-21)14-2-5-26-22(16(14)24)36-13(8-32)9-33;1-12-19(25)23(11-34-12)3-6-31(7-4-23)21-15(8-32)27-18-17(29-30-20(18)28-21)14-2-5-26-22(16(14)24)35-13-9-33-10-13/h2-4,13-14,21,32H,5-12,26H2,1H3,(H,28,29,30);2,5,12-13,19,32-34H,3-4,6-11,25H2,1H3,(H,28,29,30);2,5,12-13,19,32H,3-4,6-11,25H2,1H3,(H,28,29,30)/t13-,21+;2*12-,19+/m000/s1. The number of piperidine rings is 3. The summed E-state index contributed by atoms with van der Waals surface area (Å²) in [5, 5.41) is 72.2. The van der Waals surface area contributed by atoms with Crippen molar-refractivity contribution in [3.8, 4) is 51.3 Å². The lowest BCUT2D eigenvalue weighted by atomic mass is 9.73. The molecule has 0 radical (unpaired) electrons. The van der Waals surface area contributed by atoms with Gasteiger partial charge in [0.25, 0.3) is 0 Å². The van der Waals surface area contributed by atoms with E-state index in [4.69, 9.17) is 115 Å². The smallest absolute Gasteiger partial charge is 0.233 e. The third kappa shape index (κ3) is 13.9. The molecular formula is C70H87Cl3N20O13. The molecule has 0 aliphatic carbocycles. The maximum atomic E-state index is 10.2. The number of pyridine rings is 2. The predicted octanol–water partition coefficient (Wildman–Crippen LogP) is 4.57. The number of rotatable bonds is 17. The van der Waals surface area contributed by atoms with Gasteiger partial charge in [0, 0.05) is 103 Å². The molecule has 14 N–H and O–H groups in total. The number of ether oxygens (including phenoxy) is 8. The summed E-state index contributed by atoms with van der Waals surface area (Å²) in [6.07, 6.45) is 7.74. The number of benzene rings is 1. The van der Waals surface area contributed by atoms with Crippen molar-refractivity contribution in [2.75, 3.05) is 113 Å². The van der Waals surface area contributed by atoms with Gasteiger partial charge in [0.2, 0.25) is 28.7 Å². The molecule has 9 aromatic rings. The van der Waals surface area contributed by atoms with Gasteiger partial charge in [0.1, 0.15) is 67.7 Å². The normalized spacial score (nSPS) is 23.4. The van der Waals surface area contributed by atoms with Crippen molar-refractivity contribution < 1.29 is 63.4 Å². The zero-order valence-electron chi connectivity index (χ0n) is 58.8. The molecule has 1 aromatic carbocycles. The Hall–Kier alpha value is -7.68. The third-order valence-corrected chi connectivity index (χ3v) is 23.6. The van der Waals surface area contributed by atoms with Crippen molar-refractivity contribution in [3.63, 3.8) is 0 Å². The van der Waals surface area contributed by atoms with Gasteiger partial charge in [-0.2, -0.15) is 15.3 Å². The molecule has 3 spiro atoms. The zero-order valence-corrected chi connectivity index (χ0v) is 61.1. The quantitative estimate of drug-likeness (QED) is 0.0594. The topological polar surface area (TPSA) is 452 Å². The lowest BCUT2D eigenvalue weighted by Crippen LogP contribution is -2.51. The van der Waals surface area contributed by atoms with E-state index in [1.807, 2.05) is 39.0 Å². The largest absolute Gasteiger partial charge is 0.484 e. The van der Waals surface area contributed by atoms with E-state index < -0.39 is 19.3 Å². The van der Waals surface area contributed by atoms with Gasteiger partial charge in [-0.3, -0.25) is 15.3 Å². The van der Waals surface area contributed by atoms with E-state index in [-0.39, 0.29) is 95.6 Å². The van der Waals surface area contributed by atoms with Crippen molar-refractivity contribution in [1.29, 1.82) is 0 Å². The van der Waals surface area contributed by atoms with Crippen LogP contribution in [-0.2, 0) is 43.5 Å². The number of fused-ring (bicyclic) bond motifs is 3. The summed E-state index contributed by atoms with van der Waals surface area (Å²) < 4.78 is 45.1. The van der Waals surface area contributed by atoms with Crippen LogP contribution in [0.25, 0.3) is 67.3 Å². The van der Waals surface area contributed by atoms with E-state index in [1.54, 1.807) is 18.3 Å². The summed E-state index contributed by atoms with van der Waals surface area (Å²) in [6.45, 7) is 13.2. The second-order valence-electron chi connectivity index (χ2n) is 28.7. The first-order chi connectivity index (χ1) is 51.4. The molecule has 0 unspecified atom stereocenters. The summed E-state index contributed by atoms with van der Waals surface area (Å²) in [5.74, 6) is 2.86. The Morgan fingerprint density at radius 2 is 0.849 bits per heavy atom. The minimum atomic E-state index is -0.857. The van der Waals surface area contributed by atoms with Gasteiger partial charge >= 0.3 is 0 Å². The molecule has 33 nitrogen and oxygen atoms in total. The zero-order chi connectivity index (χ0) is 73.8. The second-order valence-corrected chi connectivity index (χ2v) is 29.8. The molecule has 6 atom stereocenters. The van der Waals surface area contributed by atoms with Crippen molar-refractivity contribution >= 4 is 85.7 Å². The first-order valence-electron chi connectivity index (χ1n) is 35.8. The highest BCUT2D eigenvalue weighted by molar-refractivity contribution is 6.36. The highest BCUT2D eigenvalue weighted by Gasteiger charge is 2.51. The van der Waals surface area contributed by atoms with E-state index in [0.717, 1.165) is 77.8 Å². The number of hydrogen-bond acceptors (Lipinski definition) is 30. The molecule has 106 heavy (non-hydrogen) atoms. The van der Waals surface area contributed by atoms with Crippen LogP contribution >= 0.6 is 34.8 Å². The van der Waals surface area contributed by atoms with E-state index >= 15 is 0 Å². The first kappa shape index (κ1) is 73.8. The molecule has 16 heterocycles. The molecule has 8 fully saturated rings. The van der Waals surface area contributed by atoms with Crippen LogP contribution in [0.5, 0.6) is 17.5 Å². The van der Waals surface area contributed by atoms with Crippen molar-refractivity contribution in [3.05, 3.63) is 74.9 Å². The second kappa shape index (κ2) is 30.8.